The van der Waals surface area contributed by atoms with E-state index in [0.29, 0.717) is 31.9 Å². The average Bonchev–Trinajstić information content (AvgIpc) is 2.41. The molecule has 6 heteroatoms. The molecular weight excluding hydrogens is 361 g/mol. The zero-order valence-corrected chi connectivity index (χ0v) is 13.2. The fourth-order valence-corrected chi connectivity index (χ4v) is 2.06. The molecule has 0 bridgehead atoms. The van der Waals surface area contributed by atoms with Gasteiger partial charge in [-0.2, -0.15) is 0 Å². The zero-order chi connectivity index (χ0) is 14.3. The van der Waals surface area contributed by atoms with Crippen LogP contribution in [0.15, 0.2) is 18.2 Å². The first-order valence-electron chi connectivity index (χ1n) is 5.85. The molecule has 106 valence electrons. The number of hydrogen-bond donors (Lipinski definition) is 1. The third-order valence-electron chi connectivity index (χ3n) is 2.61. The van der Waals surface area contributed by atoms with Crippen molar-refractivity contribution in [1.29, 1.82) is 0 Å². The number of amides is 1. The van der Waals surface area contributed by atoms with Crippen LogP contribution in [-0.2, 0) is 9.47 Å². The van der Waals surface area contributed by atoms with Crippen molar-refractivity contribution >= 4 is 28.5 Å². The molecule has 0 unspecified atom stereocenters. The summed E-state index contributed by atoms with van der Waals surface area (Å²) in [6.07, 6.45) is 0. The number of aromatic hydroxyl groups is 1. The summed E-state index contributed by atoms with van der Waals surface area (Å²) >= 11 is 2.11. The number of rotatable bonds is 7. The molecule has 5 nitrogen and oxygen atoms in total. The Morgan fingerprint density at radius 1 is 1.26 bits per heavy atom. The van der Waals surface area contributed by atoms with Crippen molar-refractivity contribution in [2.24, 2.45) is 0 Å². The number of methoxy groups -OCH3 is 2. The van der Waals surface area contributed by atoms with E-state index in [1.54, 1.807) is 31.3 Å². The van der Waals surface area contributed by atoms with Crippen LogP contribution in [-0.4, -0.2) is 56.4 Å². The lowest BCUT2D eigenvalue weighted by Crippen LogP contribution is -2.36. The van der Waals surface area contributed by atoms with Crippen molar-refractivity contribution in [3.63, 3.8) is 0 Å². The highest BCUT2D eigenvalue weighted by Gasteiger charge is 2.18. The van der Waals surface area contributed by atoms with Crippen LogP contribution in [0.5, 0.6) is 5.75 Å². The number of carbonyl (C=O) groups is 1. The molecule has 1 aromatic rings. The summed E-state index contributed by atoms with van der Waals surface area (Å²) in [5.74, 6) is -0.227. The smallest absolute Gasteiger partial charge is 0.257 e. The van der Waals surface area contributed by atoms with Crippen molar-refractivity contribution in [2.75, 3.05) is 40.5 Å². The maximum Gasteiger partial charge on any atom is 0.257 e. The molecule has 1 rings (SSSR count). The minimum absolute atomic E-state index is 0.00903. The van der Waals surface area contributed by atoms with E-state index in [9.17, 15) is 9.90 Å². The molecule has 0 aromatic heterocycles. The average molecular weight is 379 g/mol. The molecule has 0 fully saturated rings. The summed E-state index contributed by atoms with van der Waals surface area (Å²) in [5.41, 5.74) is 0.305. The van der Waals surface area contributed by atoms with E-state index in [4.69, 9.17) is 9.47 Å². The van der Waals surface area contributed by atoms with Crippen LogP contribution in [0.1, 0.15) is 10.4 Å². The van der Waals surface area contributed by atoms with E-state index in [-0.39, 0.29) is 11.7 Å². The summed E-state index contributed by atoms with van der Waals surface area (Å²) in [5, 5.41) is 9.79. The van der Waals surface area contributed by atoms with Crippen LogP contribution in [0.4, 0.5) is 0 Å². The summed E-state index contributed by atoms with van der Waals surface area (Å²) in [6.45, 7) is 1.81. The first-order chi connectivity index (χ1) is 9.10. The number of benzene rings is 1. The SMILES string of the molecule is COCCN(CCOC)C(=O)c1cc(I)ccc1O. The molecule has 0 aliphatic carbocycles. The Kier molecular flexibility index (Phi) is 7.11. The van der Waals surface area contributed by atoms with E-state index < -0.39 is 0 Å². The largest absolute Gasteiger partial charge is 0.507 e. The van der Waals surface area contributed by atoms with E-state index in [1.165, 1.54) is 6.07 Å². The topological polar surface area (TPSA) is 59.0 Å². The summed E-state index contributed by atoms with van der Waals surface area (Å²) in [6, 6.07) is 4.95. The second kappa shape index (κ2) is 8.34. The Morgan fingerprint density at radius 3 is 2.37 bits per heavy atom. The molecule has 0 radical (unpaired) electrons. The number of phenols is 1. The fraction of sp³-hybridized carbons (Fsp3) is 0.462. The Hall–Kier alpha value is -0.860. The highest BCUT2D eigenvalue weighted by atomic mass is 127. The van der Waals surface area contributed by atoms with Gasteiger partial charge in [0.05, 0.1) is 18.8 Å². The van der Waals surface area contributed by atoms with Crippen LogP contribution in [0, 0.1) is 3.57 Å². The number of hydrogen-bond acceptors (Lipinski definition) is 4. The third kappa shape index (κ3) is 4.96. The van der Waals surface area contributed by atoms with E-state index in [2.05, 4.69) is 22.6 Å². The van der Waals surface area contributed by atoms with Crippen LogP contribution in [0.25, 0.3) is 0 Å². The number of ether oxygens (including phenoxy) is 2. The van der Waals surface area contributed by atoms with Gasteiger partial charge in [0.25, 0.3) is 5.91 Å². The molecule has 0 saturated heterocycles. The quantitative estimate of drug-likeness (QED) is 0.734. The maximum absolute atomic E-state index is 12.4. The van der Waals surface area contributed by atoms with Crippen LogP contribution < -0.4 is 0 Å². The van der Waals surface area contributed by atoms with Gasteiger partial charge in [0, 0.05) is 30.9 Å². The third-order valence-corrected chi connectivity index (χ3v) is 3.28. The van der Waals surface area contributed by atoms with Gasteiger partial charge in [0.1, 0.15) is 5.75 Å². The number of halogens is 1. The molecule has 0 aliphatic rings. The van der Waals surface area contributed by atoms with Gasteiger partial charge in [-0.25, -0.2) is 0 Å². The van der Waals surface area contributed by atoms with Crippen molar-refractivity contribution < 1.29 is 19.4 Å². The zero-order valence-electron chi connectivity index (χ0n) is 11.1. The Morgan fingerprint density at radius 2 is 1.84 bits per heavy atom. The minimum Gasteiger partial charge on any atom is -0.507 e. The standard InChI is InChI=1S/C13H18INO4/c1-18-7-5-15(6-8-19-2)13(17)11-9-10(14)3-4-12(11)16/h3-4,9,16H,5-8H2,1-2H3. The van der Waals surface area contributed by atoms with E-state index in [0.717, 1.165) is 3.57 Å². The lowest BCUT2D eigenvalue weighted by atomic mass is 10.1. The summed E-state index contributed by atoms with van der Waals surface area (Å²) < 4.78 is 10.9. The van der Waals surface area contributed by atoms with Gasteiger partial charge in [-0.3, -0.25) is 4.79 Å². The first kappa shape index (κ1) is 16.2. The van der Waals surface area contributed by atoms with Crippen molar-refractivity contribution in [3.8, 4) is 5.75 Å². The molecule has 0 heterocycles. The molecular formula is C13H18INO4. The number of phenolic OH excluding ortho intramolecular Hbond substituents is 1. The predicted octanol–water partition coefficient (Wildman–Crippen LogP) is 1.73. The molecule has 1 N–H and O–H groups in total. The summed E-state index contributed by atoms with van der Waals surface area (Å²) in [4.78, 5) is 14.0. The second-order valence-corrected chi connectivity index (χ2v) is 5.18. The van der Waals surface area contributed by atoms with E-state index in [1.807, 2.05) is 0 Å². The van der Waals surface area contributed by atoms with Gasteiger partial charge in [-0.05, 0) is 40.8 Å². The predicted molar refractivity (Wildman–Crippen MR) is 80.5 cm³/mol. The fourth-order valence-electron chi connectivity index (χ4n) is 1.57. The van der Waals surface area contributed by atoms with Gasteiger partial charge < -0.3 is 19.5 Å². The Bertz CT molecular complexity index is 417. The van der Waals surface area contributed by atoms with Gasteiger partial charge in [0.15, 0.2) is 0 Å². The van der Waals surface area contributed by atoms with Crippen LogP contribution >= 0.6 is 22.6 Å². The van der Waals surface area contributed by atoms with Crippen molar-refractivity contribution in [3.05, 3.63) is 27.3 Å². The molecule has 0 atom stereocenters. The lowest BCUT2D eigenvalue weighted by molar-refractivity contribution is 0.0624. The maximum atomic E-state index is 12.4. The molecule has 1 amide bonds. The molecule has 1 aromatic carbocycles. The molecule has 19 heavy (non-hydrogen) atoms. The Balaban J connectivity index is 2.87. The van der Waals surface area contributed by atoms with Gasteiger partial charge in [-0.15, -0.1) is 0 Å². The highest BCUT2D eigenvalue weighted by molar-refractivity contribution is 14.1. The van der Waals surface area contributed by atoms with Gasteiger partial charge in [-0.1, -0.05) is 0 Å². The monoisotopic (exact) mass is 379 g/mol. The van der Waals surface area contributed by atoms with Crippen molar-refractivity contribution in [2.45, 2.75) is 0 Å². The second-order valence-electron chi connectivity index (χ2n) is 3.94. The van der Waals surface area contributed by atoms with Crippen LogP contribution in [0.3, 0.4) is 0 Å². The number of carbonyl (C=O) groups excluding carboxylic acids is 1. The van der Waals surface area contributed by atoms with Gasteiger partial charge in [0.2, 0.25) is 0 Å². The van der Waals surface area contributed by atoms with Gasteiger partial charge >= 0.3 is 0 Å². The normalized spacial score (nSPS) is 10.5. The Labute approximate surface area is 126 Å². The first-order valence-corrected chi connectivity index (χ1v) is 6.93. The minimum atomic E-state index is -0.217. The molecule has 0 saturated carbocycles. The molecule has 0 spiro atoms. The van der Waals surface area contributed by atoms with Crippen LogP contribution in [0.2, 0.25) is 0 Å². The highest BCUT2D eigenvalue weighted by Crippen LogP contribution is 2.21. The van der Waals surface area contributed by atoms with E-state index >= 15 is 0 Å². The lowest BCUT2D eigenvalue weighted by Gasteiger charge is -2.22. The molecule has 0 aliphatic heterocycles. The summed E-state index contributed by atoms with van der Waals surface area (Å²) in [7, 11) is 3.17. The number of nitrogens with zero attached hydrogens (tertiary/aromatic N) is 1. The van der Waals surface area contributed by atoms with Crippen molar-refractivity contribution in [1.82, 2.24) is 4.90 Å².